The van der Waals surface area contributed by atoms with Crippen molar-refractivity contribution in [2.24, 2.45) is 0 Å². The summed E-state index contributed by atoms with van der Waals surface area (Å²) >= 11 is 9.05. The highest BCUT2D eigenvalue weighted by atomic mass is 79.9. The molecule has 0 heterocycles. The van der Waals surface area contributed by atoms with Crippen molar-refractivity contribution in [3.05, 3.63) is 29.0 Å². The summed E-state index contributed by atoms with van der Waals surface area (Å²) in [5.74, 6) is -0.641. The first-order valence-electron chi connectivity index (χ1n) is 5.23. The average Bonchev–Trinajstić information content (AvgIpc) is 2.19. The maximum Gasteiger partial charge on any atom is 0.242 e. The van der Waals surface area contributed by atoms with Gasteiger partial charge in [0.15, 0.2) is 0 Å². The molecule has 0 saturated carbocycles. The van der Waals surface area contributed by atoms with Crippen LogP contribution >= 0.6 is 27.5 Å². The van der Waals surface area contributed by atoms with E-state index in [0.29, 0.717) is 11.8 Å². The van der Waals surface area contributed by atoms with Crippen LogP contribution in [0.5, 0.6) is 0 Å². The number of nitrogens with one attached hydrogen (secondary N) is 1. The zero-order valence-corrected chi connectivity index (χ0v) is 13.2. The standard InChI is InChI=1S/C11H14BrClFNO2S/c1-11(2,5-6-12)15-18(16,17)10-7-8(14)3-4-9(10)13/h3-4,7,15H,5-6H2,1-2H3. The molecule has 18 heavy (non-hydrogen) atoms. The Morgan fingerprint density at radius 3 is 2.61 bits per heavy atom. The molecular weight excluding hydrogens is 345 g/mol. The number of hydrogen-bond acceptors (Lipinski definition) is 2. The van der Waals surface area contributed by atoms with E-state index >= 15 is 0 Å². The van der Waals surface area contributed by atoms with Crippen molar-refractivity contribution in [2.45, 2.75) is 30.7 Å². The van der Waals surface area contributed by atoms with Crippen LogP contribution in [0.2, 0.25) is 5.02 Å². The topological polar surface area (TPSA) is 46.2 Å². The second-order valence-electron chi connectivity index (χ2n) is 4.50. The van der Waals surface area contributed by atoms with Crippen LogP contribution in [-0.4, -0.2) is 19.3 Å². The van der Waals surface area contributed by atoms with E-state index in [1.54, 1.807) is 13.8 Å². The van der Waals surface area contributed by atoms with Gasteiger partial charge in [0.25, 0.3) is 0 Å². The first kappa shape index (κ1) is 15.9. The molecular formula is C11H14BrClFNO2S. The molecule has 3 nitrogen and oxygen atoms in total. The van der Waals surface area contributed by atoms with Gasteiger partial charge in [-0.25, -0.2) is 17.5 Å². The molecule has 0 saturated heterocycles. The van der Waals surface area contributed by atoms with Crippen LogP contribution < -0.4 is 4.72 Å². The number of hydrogen-bond donors (Lipinski definition) is 1. The summed E-state index contributed by atoms with van der Waals surface area (Å²) < 4.78 is 39.8. The van der Waals surface area contributed by atoms with Gasteiger partial charge < -0.3 is 0 Å². The van der Waals surface area contributed by atoms with Crippen LogP contribution in [0.25, 0.3) is 0 Å². The third kappa shape index (κ3) is 4.19. The summed E-state index contributed by atoms with van der Waals surface area (Å²) in [6.07, 6.45) is 0.596. The van der Waals surface area contributed by atoms with Gasteiger partial charge in [0.2, 0.25) is 10.0 Å². The van der Waals surface area contributed by atoms with Crippen LogP contribution in [0, 0.1) is 5.82 Å². The number of benzene rings is 1. The Kier molecular flexibility index (Phi) is 5.17. The minimum atomic E-state index is -3.84. The van der Waals surface area contributed by atoms with Crippen LogP contribution in [0.4, 0.5) is 4.39 Å². The quantitative estimate of drug-likeness (QED) is 0.821. The fourth-order valence-electron chi connectivity index (χ4n) is 1.39. The Morgan fingerprint density at radius 1 is 1.44 bits per heavy atom. The second kappa shape index (κ2) is 5.86. The fraction of sp³-hybridized carbons (Fsp3) is 0.455. The van der Waals surface area contributed by atoms with E-state index in [4.69, 9.17) is 11.6 Å². The lowest BCUT2D eigenvalue weighted by Gasteiger charge is -2.25. The zero-order chi connectivity index (χ0) is 14.0. The number of alkyl halides is 1. The lowest BCUT2D eigenvalue weighted by atomic mass is 10.0. The SMILES string of the molecule is CC(C)(CCBr)NS(=O)(=O)c1cc(F)ccc1Cl. The molecule has 0 radical (unpaired) electrons. The average molecular weight is 359 g/mol. The summed E-state index contributed by atoms with van der Waals surface area (Å²) in [5, 5.41) is 0.651. The molecule has 0 aliphatic heterocycles. The van der Waals surface area contributed by atoms with E-state index in [9.17, 15) is 12.8 Å². The van der Waals surface area contributed by atoms with E-state index in [0.717, 1.165) is 12.1 Å². The van der Waals surface area contributed by atoms with Crippen LogP contribution in [-0.2, 0) is 10.0 Å². The summed E-state index contributed by atoms with van der Waals surface area (Å²) in [6, 6.07) is 3.25. The third-order valence-electron chi connectivity index (χ3n) is 2.31. The first-order valence-corrected chi connectivity index (χ1v) is 8.21. The van der Waals surface area contributed by atoms with Gasteiger partial charge in [0.05, 0.1) is 5.02 Å². The van der Waals surface area contributed by atoms with Crippen molar-refractivity contribution < 1.29 is 12.8 Å². The second-order valence-corrected chi connectivity index (χ2v) is 7.35. The normalized spacial score (nSPS) is 12.7. The maximum absolute atomic E-state index is 13.1. The Hall–Kier alpha value is -0.170. The van der Waals surface area contributed by atoms with Crippen LogP contribution in [0.3, 0.4) is 0 Å². The third-order valence-corrected chi connectivity index (χ3v) is 4.89. The van der Waals surface area contributed by atoms with E-state index < -0.39 is 21.4 Å². The highest BCUT2D eigenvalue weighted by Gasteiger charge is 2.27. The van der Waals surface area contributed by atoms with E-state index in [2.05, 4.69) is 20.7 Å². The Bertz CT molecular complexity index is 534. The molecule has 7 heteroatoms. The van der Waals surface area contributed by atoms with Gasteiger partial charge in [-0.15, -0.1) is 0 Å². The van der Waals surface area contributed by atoms with Crippen LogP contribution in [0.1, 0.15) is 20.3 Å². The predicted molar refractivity (Wildman–Crippen MR) is 74.2 cm³/mol. The molecule has 1 N–H and O–H groups in total. The van der Waals surface area contributed by atoms with Gasteiger partial charge in [-0.2, -0.15) is 0 Å². The summed E-state index contributed by atoms with van der Waals surface area (Å²) in [7, 11) is -3.84. The molecule has 0 amide bonds. The van der Waals surface area contributed by atoms with Gasteiger partial charge in [0, 0.05) is 10.9 Å². The molecule has 1 aromatic carbocycles. The number of rotatable bonds is 5. The van der Waals surface area contributed by atoms with Gasteiger partial charge >= 0.3 is 0 Å². The van der Waals surface area contributed by atoms with Crippen molar-refractivity contribution in [3.63, 3.8) is 0 Å². The number of sulfonamides is 1. The minimum Gasteiger partial charge on any atom is -0.207 e. The maximum atomic E-state index is 13.1. The molecule has 0 aliphatic carbocycles. The zero-order valence-electron chi connectivity index (χ0n) is 10.0. The monoisotopic (exact) mass is 357 g/mol. The Balaban J connectivity index is 3.11. The fourth-order valence-corrected chi connectivity index (χ4v) is 4.33. The number of halogens is 3. The molecule has 0 fully saturated rings. The lowest BCUT2D eigenvalue weighted by Crippen LogP contribution is -2.43. The largest absolute Gasteiger partial charge is 0.242 e. The van der Waals surface area contributed by atoms with E-state index in [1.165, 1.54) is 6.07 Å². The van der Waals surface area contributed by atoms with Crippen molar-refractivity contribution >= 4 is 37.6 Å². The molecule has 0 aliphatic rings. The minimum absolute atomic E-state index is 0.00135. The molecule has 0 atom stereocenters. The Labute approximate surface area is 120 Å². The van der Waals surface area contributed by atoms with Crippen molar-refractivity contribution in [1.82, 2.24) is 4.72 Å². The predicted octanol–water partition coefficient (Wildman–Crippen LogP) is 3.32. The summed E-state index contributed by atoms with van der Waals surface area (Å²) in [6.45, 7) is 3.50. The highest BCUT2D eigenvalue weighted by Crippen LogP contribution is 2.24. The Morgan fingerprint density at radius 2 is 2.06 bits per heavy atom. The lowest BCUT2D eigenvalue weighted by molar-refractivity contribution is 0.443. The van der Waals surface area contributed by atoms with Gasteiger partial charge in [-0.1, -0.05) is 27.5 Å². The van der Waals surface area contributed by atoms with Crippen molar-refractivity contribution in [3.8, 4) is 0 Å². The van der Waals surface area contributed by atoms with Gasteiger partial charge in [-0.3, -0.25) is 0 Å². The smallest absolute Gasteiger partial charge is 0.207 e. The van der Waals surface area contributed by atoms with Crippen molar-refractivity contribution in [1.29, 1.82) is 0 Å². The van der Waals surface area contributed by atoms with Gasteiger partial charge in [-0.05, 0) is 38.5 Å². The first-order chi connectivity index (χ1) is 8.18. The molecule has 1 rings (SSSR count). The van der Waals surface area contributed by atoms with Gasteiger partial charge in [0.1, 0.15) is 10.7 Å². The van der Waals surface area contributed by atoms with Crippen molar-refractivity contribution in [2.75, 3.05) is 5.33 Å². The molecule has 1 aromatic rings. The summed E-state index contributed by atoms with van der Waals surface area (Å²) in [5.41, 5.74) is -0.641. The molecule has 102 valence electrons. The summed E-state index contributed by atoms with van der Waals surface area (Å²) in [4.78, 5) is -0.244. The molecule has 0 unspecified atom stereocenters. The van der Waals surface area contributed by atoms with E-state index in [1.807, 2.05) is 0 Å². The molecule has 0 aromatic heterocycles. The van der Waals surface area contributed by atoms with Crippen LogP contribution in [0.15, 0.2) is 23.1 Å². The highest BCUT2D eigenvalue weighted by molar-refractivity contribution is 9.09. The molecule has 0 spiro atoms. The van der Waals surface area contributed by atoms with E-state index in [-0.39, 0.29) is 9.92 Å². The molecule has 0 bridgehead atoms.